The van der Waals surface area contributed by atoms with E-state index in [4.69, 9.17) is 16.7 Å². The molecule has 14 heavy (non-hydrogen) atoms. The Morgan fingerprint density at radius 3 is 2.64 bits per heavy atom. The first-order chi connectivity index (χ1) is 6.61. The van der Waals surface area contributed by atoms with Crippen molar-refractivity contribution in [2.45, 2.75) is 18.4 Å². The molecule has 0 aromatic carbocycles. The molecule has 0 saturated heterocycles. The molecule has 1 aromatic heterocycles. The molecule has 0 bridgehead atoms. The highest BCUT2D eigenvalue weighted by Gasteiger charge is 2.18. The first-order valence-electron chi connectivity index (χ1n) is 3.73. The van der Waals surface area contributed by atoms with Crippen LogP contribution in [0.4, 0.5) is 8.78 Å². The van der Waals surface area contributed by atoms with Crippen LogP contribution in [0.25, 0.3) is 0 Å². The van der Waals surface area contributed by atoms with Crippen LogP contribution < -0.4 is 0 Å². The van der Waals surface area contributed by atoms with Gasteiger partial charge in [0.25, 0.3) is 6.43 Å². The van der Waals surface area contributed by atoms with Crippen molar-refractivity contribution in [3.05, 3.63) is 28.0 Å². The topological polar surface area (TPSA) is 33.1 Å². The van der Waals surface area contributed by atoms with Gasteiger partial charge < -0.3 is 5.11 Å². The molecule has 0 aliphatic heterocycles. The van der Waals surface area contributed by atoms with Crippen molar-refractivity contribution >= 4 is 27.5 Å². The van der Waals surface area contributed by atoms with Crippen molar-refractivity contribution < 1.29 is 13.9 Å². The molecule has 0 unspecified atom stereocenters. The Bertz CT molecular complexity index is 335. The molecule has 0 aliphatic rings. The van der Waals surface area contributed by atoms with Crippen LogP contribution in [0.5, 0.6) is 0 Å². The average Bonchev–Trinajstić information content (AvgIpc) is 2.17. The van der Waals surface area contributed by atoms with Crippen molar-refractivity contribution in [3.63, 3.8) is 0 Å². The number of nitrogens with zero attached hydrogens (tertiary/aromatic N) is 1. The van der Waals surface area contributed by atoms with Gasteiger partial charge in [0.1, 0.15) is 5.69 Å². The largest absolute Gasteiger partial charge is 0.392 e. The van der Waals surface area contributed by atoms with E-state index >= 15 is 0 Å². The molecule has 0 radical (unpaired) electrons. The Morgan fingerprint density at radius 1 is 1.57 bits per heavy atom. The highest BCUT2D eigenvalue weighted by Crippen LogP contribution is 2.29. The predicted molar refractivity (Wildman–Crippen MR) is 52.8 cm³/mol. The first kappa shape index (κ1) is 11.8. The van der Waals surface area contributed by atoms with Gasteiger partial charge in [0, 0.05) is 17.1 Å². The standard InChI is InChI=1S/C8H7BrClF2NO/c9-1-4-2-13-7(8(11)12)5(3-14)6(4)10/h2,8,14H,1,3H2. The normalized spacial score (nSPS) is 11.0. The molecule has 0 amide bonds. The summed E-state index contributed by atoms with van der Waals surface area (Å²) >= 11 is 8.93. The average molecular weight is 287 g/mol. The first-order valence-corrected chi connectivity index (χ1v) is 5.22. The van der Waals surface area contributed by atoms with E-state index in [1.165, 1.54) is 6.20 Å². The maximum Gasteiger partial charge on any atom is 0.280 e. The number of hydrogen-bond donors (Lipinski definition) is 1. The molecule has 1 N–H and O–H groups in total. The lowest BCUT2D eigenvalue weighted by molar-refractivity contribution is 0.141. The highest BCUT2D eigenvalue weighted by atomic mass is 79.9. The van der Waals surface area contributed by atoms with Crippen LogP contribution in [0.2, 0.25) is 5.02 Å². The second-order valence-electron chi connectivity index (χ2n) is 2.55. The predicted octanol–water partition coefficient (Wildman–Crippen LogP) is 3.06. The van der Waals surface area contributed by atoms with Crippen molar-refractivity contribution in [3.8, 4) is 0 Å². The molecule has 1 aromatic rings. The number of aliphatic hydroxyl groups is 1. The number of rotatable bonds is 3. The van der Waals surface area contributed by atoms with E-state index < -0.39 is 18.7 Å². The molecular weight excluding hydrogens is 279 g/mol. The fourth-order valence-electron chi connectivity index (χ4n) is 1.02. The van der Waals surface area contributed by atoms with Crippen molar-refractivity contribution in [2.75, 3.05) is 0 Å². The lowest BCUT2D eigenvalue weighted by atomic mass is 10.1. The highest BCUT2D eigenvalue weighted by molar-refractivity contribution is 9.08. The summed E-state index contributed by atoms with van der Waals surface area (Å²) in [5.74, 6) is 0. The van der Waals surface area contributed by atoms with Gasteiger partial charge in [0.15, 0.2) is 0 Å². The van der Waals surface area contributed by atoms with Crippen molar-refractivity contribution in [1.82, 2.24) is 4.98 Å². The maximum atomic E-state index is 12.4. The Kier molecular flexibility index (Phi) is 4.22. The Balaban J connectivity index is 3.28. The third-order valence-electron chi connectivity index (χ3n) is 1.72. The molecule has 0 fully saturated rings. The van der Waals surface area contributed by atoms with E-state index in [0.29, 0.717) is 10.9 Å². The van der Waals surface area contributed by atoms with Crippen molar-refractivity contribution in [1.29, 1.82) is 0 Å². The number of aromatic nitrogens is 1. The van der Waals surface area contributed by atoms with Crippen molar-refractivity contribution in [2.24, 2.45) is 0 Å². The number of pyridine rings is 1. The van der Waals surface area contributed by atoms with E-state index in [2.05, 4.69) is 20.9 Å². The smallest absolute Gasteiger partial charge is 0.280 e. The summed E-state index contributed by atoms with van der Waals surface area (Å²) in [7, 11) is 0. The monoisotopic (exact) mass is 285 g/mol. The summed E-state index contributed by atoms with van der Waals surface area (Å²) in [5.41, 5.74) is 0.126. The zero-order chi connectivity index (χ0) is 10.7. The number of aliphatic hydroxyl groups excluding tert-OH is 1. The third-order valence-corrected chi connectivity index (χ3v) is 2.80. The van der Waals surface area contributed by atoms with E-state index in [9.17, 15) is 8.78 Å². The molecule has 0 atom stereocenters. The second kappa shape index (κ2) is 5.00. The van der Waals surface area contributed by atoms with Gasteiger partial charge in [0.2, 0.25) is 0 Å². The minimum atomic E-state index is -2.72. The van der Waals surface area contributed by atoms with Gasteiger partial charge in [-0.25, -0.2) is 8.78 Å². The van der Waals surface area contributed by atoms with Crippen LogP contribution >= 0.6 is 27.5 Å². The Morgan fingerprint density at radius 2 is 2.21 bits per heavy atom. The van der Waals surface area contributed by atoms with Gasteiger partial charge in [-0.1, -0.05) is 27.5 Å². The minimum Gasteiger partial charge on any atom is -0.392 e. The molecule has 0 aliphatic carbocycles. The molecule has 0 spiro atoms. The molecule has 2 nitrogen and oxygen atoms in total. The van der Waals surface area contributed by atoms with Gasteiger partial charge in [-0.3, -0.25) is 4.98 Å². The summed E-state index contributed by atoms with van der Waals surface area (Å²) in [6, 6.07) is 0. The fourth-order valence-corrected chi connectivity index (χ4v) is 1.88. The maximum absolute atomic E-state index is 12.4. The number of halogens is 4. The Hall–Kier alpha value is -0.260. The van der Waals surface area contributed by atoms with Crippen LogP contribution in [0.3, 0.4) is 0 Å². The van der Waals surface area contributed by atoms with Crippen LogP contribution in [0.1, 0.15) is 23.2 Å². The summed E-state index contributed by atoms with van der Waals surface area (Å²) in [5, 5.41) is 9.45. The number of alkyl halides is 3. The molecule has 6 heteroatoms. The van der Waals surface area contributed by atoms with Crippen LogP contribution in [0, 0.1) is 0 Å². The summed E-state index contributed by atoms with van der Waals surface area (Å²) < 4.78 is 24.8. The van der Waals surface area contributed by atoms with E-state index in [1.807, 2.05) is 0 Å². The van der Waals surface area contributed by atoms with Crippen LogP contribution in [-0.2, 0) is 11.9 Å². The van der Waals surface area contributed by atoms with Gasteiger partial charge in [-0.15, -0.1) is 0 Å². The van der Waals surface area contributed by atoms with Gasteiger partial charge in [-0.05, 0) is 5.56 Å². The van der Waals surface area contributed by atoms with E-state index in [0.717, 1.165) is 0 Å². The van der Waals surface area contributed by atoms with Crippen LogP contribution in [0.15, 0.2) is 6.20 Å². The zero-order valence-electron chi connectivity index (χ0n) is 6.98. The lowest BCUT2D eigenvalue weighted by Crippen LogP contribution is -2.01. The van der Waals surface area contributed by atoms with Gasteiger partial charge >= 0.3 is 0 Å². The zero-order valence-corrected chi connectivity index (χ0v) is 9.32. The summed E-state index contributed by atoms with van der Waals surface area (Å²) in [6.45, 7) is -0.535. The number of hydrogen-bond acceptors (Lipinski definition) is 2. The fraction of sp³-hybridized carbons (Fsp3) is 0.375. The van der Waals surface area contributed by atoms with E-state index in [1.54, 1.807) is 0 Å². The molecule has 1 rings (SSSR count). The summed E-state index contributed by atoms with van der Waals surface area (Å²) in [6.07, 6.45) is -1.45. The molecular formula is C8H7BrClF2NO. The lowest BCUT2D eigenvalue weighted by Gasteiger charge is -2.09. The van der Waals surface area contributed by atoms with Crippen LogP contribution in [-0.4, -0.2) is 10.1 Å². The van der Waals surface area contributed by atoms with E-state index in [-0.39, 0.29) is 10.6 Å². The summed E-state index contributed by atoms with van der Waals surface area (Å²) in [4.78, 5) is 3.56. The minimum absolute atomic E-state index is 0.00128. The molecule has 78 valence electrons. The molecule has 1 heterocycles. The van der Waals surface area contributed by atoms with Gasteiger partial charge in [0.05, 0.1) is 11.6 Å². The SMILES string of the molecule is OCc1c(C(F)F)ncc(CBr)c1Cl. The third kappa shape index (κ3) is 2.21. The molecule has 0 saturated carbocycles. The van der Waals surface area contributed by atoms with Gasteiger partial charge in [-0.2, -0.15) is 0 Å². The Labute approximate surface area is 93.0 Å². The second-order valence-corrected chi connectivity index (χ2v) is 3.49. The quantitative estimate of drug-likeness (QED) is 0.866.